The molecule has 1 saturated heterocycles. The molecule has 1 fully saturated rings. The van der Waals surface area contributed by atoms with Gasteiger partial charge in [0.15, 0.2) is 0 Å². The number of carbonyl (C=O) groups is 1. The fourth-order valence-corrected chi connectivity index (χ4v) is 2.37. The van der Waals surface area contributed by atoms with E-state index in [9.17, 15) is 4.79 Å². The van der Waals surface area contributed by atoms with Crippen LogP contribution in [0.25, 0.3) is 0 Å². The minimum atomic E-state index is -0.771. The van der Waals surface area contributed by atoms with Crippen LogP contribution in [0, 0.1) is 6.92 Å². The smallest absolute Gasteiger partial charge is 0.307 e. The van der Waals surface area contributed by atoms with Crippen LogP contribution in [0.1, 0.15) is 35.4 Å². The summed E-state index contributed by atoms with van der Waals surface area (Å²) in [6.07, 6.45) is 2.25. The van der Waals surface area contributed by atoms with Gasteiger partial charge in [0.1, 0.15) is 0 Å². The molecule has 0 bridgehead atoms. The van der Waals surface area contributed by atoms with Gasteiger partial charge in [-0.15, -0.1) is 0 Å². The maximum absolute atomic E-state index is 10.7. The summed E-state index contributed by atoms with van der Waals surface area (Å²) in [7, 11) is 0. The second-order valence-electron chi connectivity index (χ2n) is 4.64. The standard InChI is InChI=1S/C14H18O3/c1-10-8-13(11-4-6-17-7-5-11)3-2-12(10)9-14(15)16/h2-3,8,11H,4-7,9H2,1H3,(H,15,16). The number of carboxylic acids is 1. The Morgan fingerprint density at radius 3 is 2.71 bits per heavy atom. The molecule has 2 rings (SSSR count). The van der Waals surface area contributed by atoms with E-state index in [-0.39, 0.29) is 6.42 Å². The lowest BCUT2D eigenvalue weighted by Crippen LogP contribution is -2.14. The summed E-state index contributed by atoms with van der Waals surface area (Å²) in [6.45, 7) is 3.66. The summed E-state index contributed by atoms with van der Waals surface area (Å²) in [5, 5.41) is 8.79. The largest absolute Gasteiger partial charge is 0.481 e. The Morgan fingerprint density at radius 1 is 1.41 bits per heavy atom. The van der Waals surface area contributed by atoms with Crippen LogP contribution in [0.2, 0.25) is 0 Å². The molecule has 17 heavy (non-hydrogen) atoms. The number of rotatable bonds is 3. The predicted octanol–water partition coefficient (Wildman–Crippen LogP) is 2.52. The van der Waals surface area contributed by atoms with Crippen LogP contribution >= 0.6 is 0 Å². The molecule has 1 aromatic rings. The molecule has 0 atom stereocenters. The van der Waals surface area contributed by atoms with Crippen LogP contribution in [-0.2, 0) is 16.0 Å². The van der Waals surface area contributed by atoms with Crippen molar-refractivity contribution in [3.63, 3.8) is 0 Å². The SMILES string of the molecule is Cc1cc(C2CCOCC2)ccc1CC(=O)O. The molecule has 0 spiro atoms. The average Bonchev–Trinajstić information content (AvgIpc) is 2.32. The van der Waals surface area contributed by atoms with Gasteiger partial charge >= 0.3 is 5.97 Å². The normalized spacial score (nSPS) is 17.0. The highest BCUT2D eigenvalue weighted by atomic mass is 16.5. The van der Waals surface area contributed by atoms with Crippen molar-refractivity contribution in [2.24, 2.45) is 0 Å². The van der Waals surface area contributed by atoms with Gasteiger partial charge in [0.05, 0.1) is 6.42 Å². The summed E-state index contributed by atoms with van der Waals surface area (Å²) in [5.41, 5.74) is 3.31. The van der Waals surface area contributed by atoms with Gasteiger partial charge < -0.3 is 9.84 Å². The van der Waals surface area contributed by atoms with Crippen LogP contribution in [0.3, 0.4) is 0 Å². The lowest BCUT2D eigenvalue weighted by molar-refractivity contribution is -0.136. The lowest BCUT2D eigenvalue weighted by atomic mass is 9.89. The van der Waals surface area contributed by atoms with Gasteiger partial charge in [-0.3, -0.25) is 4.79 Å². The van der Waals surface area contributed by atoms with E-state index in [2.05, 4.69) is 12.1 Å². The minimum Gasteiger partial charge on any atom is -0.481 e. The molecule has 3 nitrogen and oxygen atoms in total. The molecule has 1 aliphatic rings. The number of carboxylic acid groups (broad SMARTS) is 1. The zero-order valence-electron chi connectivity index (χ0n) is 10.1. The molecule has 0 aliphatic carbocycles. The van der Waals surface area contributed by atoms with Crippen LogP contribution < -0.4 is 0 Å². The van der Waals surface area contributed by atoms with Gasteiger partial charge in [0, 0.05) is 13.2 Å². The van der Waals surface area contributed by atoms with Crippen molar-refractivity contribution in [3.05, 3.63) is 34.9 Å². The predicted molar refractivity (Wildman–Crippen MR) is 65.3 cm³/mol. The molecule has 1 aliphatic heterocycles. The van der Waals surface area contributed by atoms with E-state index in [1.165, 1.54) is 5.56 Å². The first kappa shape index (κ1) is 12.1. The van der Waals surface area contributed by atoms with Gasteiger partial charge in [-0.1, -0.05) is 18.2 Å². The molecule has 3 heteroatoms. The highest BCUT2D eigenvalue weighted by Gasteiger charge is 2.16. The minimum absolute atomic E-state index is 0.111. The number of hydrogen-bond acceptors (Lipinski definition) is 2. The third-order valence-electron chi connectivity index (χ3n) is 3.40. The summed E-state index contributed by atoms with van der Waals surface area (Å²) < 4.78 is 5.35. The Hall–Kier alpha value is -1.35. The van der Waals surface area contributed by atoms with Crippen LogP contribution in [-0.4, -0.2) is 24.3 Å². The zero-order chi connectivity index (χ0) is 12.3. The molecule has 92 valence electrons. The summed E-state index contributed by atoms with van der Waals surface area (Å²) in [5.74, 6) is -0.201. The monoisotopic (exact) mass is 234 g/mol. The summed E-state index contributed by atoms with van der Waals surface area (Å²) in [6, 6.07) is 6.16. The molecule has 1 aromatic carbocycles. The van der Waals surface area contributed by atoms with E-state index >= 15 is 0 Å². The Kier molecular flexibility index (Phi) is 3.79. The Labute approximate surface area is 101 Å². The van der Waals surface area contributed by atoms with E-state index in [1.54, 1.807) is 0 Å². The summed E-state index contributed by atoms with van der Waals surface area (Å²) >= 11 is 0. The first-order valence-electron chi connectivity index (χ1n) is 6.06. The van der Waals surface area contributed by atoms with Crippen molar-refractivity contribution >= 4 is 5.97 Å². The van der Waals surface area contributed by atoms with Crippen LogP contribution in [0.5, 0.6) is 0 Å². The van der Waals surface area contributed by atoms with Crippen molar-refractivity contribution in [2.75, 3.05) is 13.2 Å². The zero-order valence-corrected chi connectivity index (χ0v) is 10.1. The molecular weight excluding hydrogens is 216 g/mol. The fourth-order valence-electron chi connectivity index (χ4n) is 2.37. The highest BCUT2D eigenvalue weighted by molar-refractivity contribution is 5.70. The topological polar surface area (TPSA) is 46.5 Å². The molecular formula is C14H18O3. The number of ether oxygens (including phenoxy) is 1. The van der Waals surface area contributed by atoms with E-state index in [1.807, 2.05) is 13.0 Å². The van der Waals surface area contributed by atoms with Crippen molar-refractivity contribution in [2.45, 2.75) is 32.1 Å². The second kappa shape index (κ2) is 5.32. The van der Waals surface area contributed by atoms with Crippen molar-refractivity contribution in [1.82, 2.24) is 0 Å². The van der Waals surface area contributed by atoms with Gasteiger partial charge in [-0.2, -0.15) is 0 Å². The van der Waals surface area contributed by atoms with E-state index in [0.717, 1.165) is 37.2 Å². The molecule has 0 unspecified atom stereocenters. The van der Waals surface area contributed by atoms with Crippen molar-refractivity contribution in [1.29, 1.82) is 0 Å². The highest BCUT2D eigenvalue weighted by Crippen LogP contribution is 2.28. The third-order valence-corrected chi connectivity index (χ3v) is 3.40. The third kappa shape index (κ3) is 3.07. The van der Waals surface area contributed by atoms with E-state index in [4.69, 9.17) is 9.84 Å². The van der Waals surface area contributed by atoms with Gasteiger partial charge in [0.2, 0.25) is 0 Å². The number of hydrogen-bond donors (Lipinski definition) is 1. The molecule has 1 N–H and O–H groups in total. The fraction of sp³-hybridized carbons (Fsp3) is 0.500. The summed E-state index contributed by atoms with van der Waals surface area (Å²) in [4.78, 5) is 10.7. The van der Waals surface area contributed by atoms with Gasteiger partial charge in [-0.25, -0.2) is 0 Å². The first-order valence-corrected chi connectivity index (χ1v) is 6.06. The quantitative estimate of drug-likeness (QED) is 0.874. The molecule has 1 heterocycles. The second-order valence-corrected chi connectivity index (χ2v) is 4.64. The van der Waals surface area contributed by atoms with E-state index in [0.29, 0.717) is 5.92 Å². The van der Waals surface area contributed by atoms with Crippen LogP contribution in [0.15, 0.2) is 18.2 Å². The Morgan fingerprint density at radius 2 is 2.12 bits per heavy atom. The first-order chi connectivity index (χ1) is 8.16. The van der Waals surface area contributed by atoms with Crippen molar-refractivity contribution < 1.29 is 14.6 Å². The lowest BCUT2D eigenvalue weighted by Gasteiger charge is -2.23. The van der Waals surface area contributed by atoms with Gasteiger partial charge in [-0.05, 0) is 42.4 Å². The molecule has 0 aromatic heterocycles. The van der Waals surface area contributed by atoms with Gasteiger partial charge in [0.25, 0.3) is 0 Å². The number of aliphatic carboxylic acids is 1. The molecule has 0 saturated carbocycles. The van der Waals surface area contributed by atoms with E-state index < -0.39 is 5.97 Å². The number of aryl methyl sites for hydroxylation is 1. The molecule has 0 amide bonds. The maximum atomic E-state index is 10.7. The average molecular weight is 234 g/mol. The number of benzene rings is 1. The molecule has 0 radical (unpaired) electrons. The maximum Gasteiger partial charge on any atom is 0.307 e. The Bertz CT molecular complexity index is 406. The van der Waals surface area contributed by atoms with Crippen LogP contribution in [0.4, 0.5) is 0 Å². The Balaban J connectivity index is 2.14. The van der Waals surface area contributed by atoms with Crippen molar-refractivity contribution in [3.8, 4) is 0 Å².